The van der Waals surface area contributed by atoms with Crippen LogP contribution in [0.5, 0.6) is 11.5 Å². The van der Waals surface area contributed by atoms with E-state index in [1.807, 2.05) is 36.4 Å². The molecular weight excluding hydrogens is 498 g/mol. The number of benzene rings is 2. The average Bonchev–Trinajstić information content (AvgIpc) is 3.06. The Balaban J connectivity index is 1.33. The summed E-state index contributed by atoms with van der Waals surface area (Å²) in [6.07, 6.45) is 7.27. The van der Waals surface area contributed by atoms with Gasteiger partial charge in [0.15, 0.2) is 5.60 Å². The summed E-state index contributed by atoms with van der Waals surface area (Å²) in [6, 6.07) is 18.0. The molecule has 2 aliphatic rings. The highest BCUT2D eigenvalue weighted by molar-refractivity contribution is 6.30. The maximum absolute atomic E-state index is 11.8. The molecule has 38 heavy (non-hydrogen) atoms. The van der Waals surface area contributed by atoms with Gasteiger partial charge < -0.3 is 20.1 Å². The molecule has 6 nitrogen and oxygen atoms in total. The minimum absolute atomic E-state index is 0.395. The van der Waals surface area contributed by atoms with Crippen molar-refractivity contribution in [3.05, 3.63) is 94.3 Å². The fraction of sp³-hybridized carbons (Fsp3) is 0.355. The first-order valence-electron chi connectivity index (χ1n) is 13.2. The van der Waals surface area contributed by atoms with E-state index in [2.05, 4.69) is 34.2 Å². The molecule has 0 unspecified atom stereocenters. The van der Waals surface area contributed by atoms with E-state index < -0.39 is 11.5 Å². The minimum Gasteiger partial charge on any atom is -0.487 e. The van der Waals surface area contributed by atoms with Gasteiger partial charge in [-0.25, -0.2) is 0 Å². The second kappa shape index (κ2) is 11.2. The monoisotopic (exact) mass is 531 g/mol. The van der Waals surface area contributed by atoms with Crippen molar-refractivity contribution in [2.75, 3.05) is 19.6 Å². The van der Waals surface area contributed by atoms with Crippen molar-refractivity contribution in [3.8, 4) is 11.5 Å². The molecule has 1 fully saturated rings. The Kier molecular flexibility index (Phi) is 7.73. The second-order valence-corrected chi connectivity index (χ2v) is 10.9. The molecule has 2 aliphatic heterocycles. The highest BCUT2D eigenvalue weighted by atomic mass is 35.5. The van der Waals surface area contributed by atoms with E-state index >= 15 is 0 Å². The molecule has 2 N–H and O–H groups in total. The molecule has 7 heteroatoms. The molecule has 5 rings (SSSR count). The van der Waals surface area contributed by atoms with Crippen LogP contribution in [0.15, 0.2) is 66.9 Å². The molecule has 3 aromatic rings. The predicted molar refractivity (Wildman–Crippen MR) is 150 cm³/mol. The zero-order chi connectivity index (χ0) is 26.7. The fourth-order valence-corrected chi connectivity index (χ4v) is 5.31. The number of hydrogen-bond acceptors (Lipinski definition) is 5. The molecule has 3 heterocycles. The molecule has 0 aliphatic carbocycles. The van der Waals surface area contributed by atoms with E-state index in [0.29, 0.717) is 18.3 Å². The smallest absolute Gasteiger partial charge is 0.261 e. The number of ether oxygens (including phenoxy) is 2. The highest BCUT2D eigenvalue weighted by Crippen LogP contribution is 2.39. The van der Waals surface area contributed by atoms with Gasteiger partial charge in [-0.05, 0) is 99.7 Å². The van der Waals surface area contributed by atoms with Crippen molar-refractivity contribution in [1.29, 1.82) is 0 Å². The molecule has 0 atom stereocenters. The lowest BCUT2D eigenvalue weighted by Crippen LogP contribution is -2.43. The Labute approximate surface area is 229 Å². The van der Waals surface area contributed by atoms with Crippen LogP contribution in [0.25, 0.3) is 5.57 Å². The molecular formula is C31H34ClN3O3. The Morgan fingerprint density at radius 1 is 1.16 bits per heavy atom. The second-order valence-electron chi connectivity index (χ2n) is 10.5. The summed E-state index contributed by atoms with van der Waals surface area (Å²) in [4.78, 5) is 19.0. The normalized spacial score (nSPS) is 17.3. The van der Waals surface area contributed by atoms with Gasteiger partial charge in [0, 0.05) is 28.9 Å². The number of carbonyl (C=O) groups excluding carboxylic acids is 1. The summed E-state index contributed by atoms with van der Waals surface area (Å²) in [5.74, 6) is 1.41. The zero-order valence-electron chi connectivity index (χ0n) is 22.0. The van der Waals surface area contributed by atoms with Crippen LogP contribution < -0.4 is 15.2 Å². The summed E-state index contributed by atoms with van der Waals surface area (Å²) in [5.41, 5.74) is 9.75. The SMILES string of the molecule is CC(C)(Oc1ccc2c(c1)C(=CCCN1CCC(c3ccc(Cl)cc3)CC1)c1cccnc1CO2)C(N)=O. The van der Waals surface area contributed by atoms with Gasteiger partial charge >= 0.3 is 0 Å². The average molecular weight is 532 g/mol. The van der Waals surface area contributed by atoms with Gasteiger partial charge in [0.25, 0.3) is 5.91 Å². The van der Waals surface area contributed by atoms with Crippen LogP contribution in [0, 0.1) is 0 Å². The number of primary amides is 1. The van der Waals surface area contributed by atoms with Crippen LogP contribution in [-0.2, 0) is 11.4 Å². The molecule has 2 aromatic carbocycles. The van der Waals surface area contributed by atoms with Gasteiger partial charge in [-0.2, -0.15) is 0 Å². The van der Waals surface area contributed by atoms with E-state index in [0.717, 1.165) is 72.1 Å². The van der Waals surface area contributed by atoms with Crippen molar-refractivity contribution in [1.82, 2.24) is 9.88 Å². The molecule has 198 valence electrons. The number of carbonyl (C=O) groups is 1. The third-order valence-electron chi connectivity index (χ3n) is 7.48. The number of fused-ring (bicyclic) bond motifs is 2. The maximum atomic E-state index is 11.8. The van der Waals surface area contributed by atoms with E-state index in [1.165, 1.54) is 5.56 Å². The van der Waals surface area contributed by atoms with Crippen LogP contribution >= 0.6 is 11.6 Å². The quantitative estimate of drug-likeness (QED) is 0.406. The summed E-state index contributed by atoms with van der Waals surface area (Å²) < 4.78 is 12.1. The van der Waals surface area contributed by atoms with Gasteiger partial charge in [-0.3, -0.25) is 9.78 Å². The minimum atomic E-state index is -1.12. The van der Waals surface area contributed by atoms with Crippen LogP contribution in [0.4, 0.5) is 0 Å². The van der Waals surface area contributed by atoms with Crippen LogP contribution in [0.2, 0.25) is 5.02 Å². The molecule has 0 bridgehead atoms. The van der Waals surface area contributed by atoms with Crippen LogP contribution in [0.3, 0.4) is 0 Å². The number of rotatable bonds is 7. The standard InChI is InChI=1S/C31H34ClN3O3/c1-31(2,30(33)36)38-24-11-12-29-27(19-24)25(26-5-3-15-34-28(26)20-37-29)6-4-16-35-17-13-22(14-18-35)21-7-9-23(32)10-8-21/h3,5-12,15,19,22H,4,13-14,16-18,20H2,1-2H3,(H2,33,36). The number of likely N-dealkylation sites (tertiary alicyclic amines) is 1. The van der Waals surface area contributed by atoms with Crippen LogP contribution in [0.1, 0.15) is 61.4 Å². The first kappa shape index (κ1) is 26.3. The van der Waals surface area contributed by atoms with Crippen molar-refractivity contribution in [2.45, 2.75) is 51.2 Å². The molecule has 1 amide bonds. The van der Waals surface area contributed by atoms with Crippen LogP contribution in [-0.4, -0.2) is 41.0 Å². The number of nitrogens with zero attached hydrogens (tertiary/aromatic N) is 2. The van der Waals surface area contributed by atoms with E-state index in [4.69, 9.17) is 26.8 Å². The number of nitrogens with two attached hydrogens (primary N) is 1. The number of amides is 1. The lowest BCUT2D eigenvalue weighted by molar-refractivity contribution is -0.130. The van der Waals surface area contributed by atoms with Gasteiger partial charge in [-0.1, -0.05) is 35.9 Å². The first-order valence-corrected chi connectivity index (χ1v) is 13.6. The van der Waals surface area contributed by atoms with Gasteiger partial charge in [0.2, 0.25) is 0 Å². The Morgan fingerprint density at radius 2 is 1.92 bits per heavy atom. The zero-order valence-corrected chi connectivity index (χ0v) is 22.7. The van der Waals surface area contributed by atoms with Gasteiger partial charge in [0.1, 0.15) is 18.1 Å². The molecule has 1 saturated heterocycles. The maximum Gasteiger partial charge on any atom is 0.261 e. The first-order chi connectivity index (χ1) is 18.3. The van der Waals surface area contributed by atoms with Gasteiger partial charge in [-0.15, -0.1) is 0 Å². The summed E-state index contributed by atoms with van der Waals surface area (Å²) in [5, 5.41) is 0.789. The number of hydrogen-bond donors (Lipinski definition) is 1. The lowest BCUT2D eigenvalue weighted by Gasteiger charge is -2.32. The predicted octanol–water partition coefficient (Wildman–Crippen LogP) is 5.97. The summed E-state index contributed by atoms with van der Waals surface area (Å²) in [7, 11) is 0. The summed E-state index contributed by atoms with van der Waals surface area (Å²) >= 11 is 6.07. The van der Waals surface area contributed by atoms with Crippen molar-refractivity contribution in [2.24, 2.45) is 5.73 Å². The Bertz CT molecular complexity index is 1330. The van der Waals surface area contributed by atoms with Crippen molar-refractivity contribution < 1.29 is 14.3 Å². The van der Waals surface area contributed by atoms with E-state index in [9.17, 15) is 4.79 Å². The largest absolute Gasteiger partial charge is 0.487 e. The Hall–Kier alpha value is -3.35. The number of pyridine rings is 1. The van der Waals surface area contributed by atoms with E-state index in [1.54, 1.807) is 20.0 Å². The highest BCUT2D eigenvalue weighted by Gasteiger charge is 2.28. The number of halogens is 1. The van der Waals surface area contributed by atoms with Crippen molar-refractivity contribution >= 4 is 23.1 Å². The van der Waals surface area contributed by atoms with Gasteiger partial charge in [0.05, 0.1) is 5.69 Å². The topological polar surface area (TPSA) is 77.7 Å². The number of piperidine rings is 1. The third kappa shape index (κ3) is 5.87. The number of aromatic nitrogens is 1. The third-order valence-corrected chi connectivity index (χ3v) is 7.73. The van der Waals surface area contributed by atoms with E-state index in [-0.39, 0.29) is 0 Å². The molecule has 0 saturated carbocycles. The fourth-order valence-electron chi connectivity index (χ4n) is 5.18. The molecule has 0 radical (unpaired) electrons. The summed E-state index contributed by atoms with van der Waals surface area (Å²) in [6.45, 7) is 6.87. The molecule has 1 aromatic heterocycles. The lowest BCUT2D eigenvalue weighted by atomic mass is 9.89. The van der Waals surface area contributed by atoms with Crippen molar-refractivity contribution in [3.63, 3.8) is 0 Å². The molecule has 0 spiro atoms. The Morgan fingerprint density at radius 3 is 2.66 bits per heavy atom.